The highest BCUT2D eigenvalue weighted by Crippen LogP contribution is 2.28. The van der Waals surface area contributed by atoms with Gasteiger partial charge in [-0.15, -0.1) is 0 Å². The third kappa shape index (κ3) is 3.16. The third-order valence-electron chi connectivity index (χ3n) is 4.29. The van der Waals surface area contributed by atoms with Gasteiger partial charge in [0.15, 0.2) is 0 Å². The number of aryl methyl sites for hydroxylation is 2. The van der Waals surface area contributed by atoms with E-state index in [9.17, 15) is 5.11 Å². The molecule has 0 saturated carbocycles. The van der Waals surface area contributed by atoms with Crippen molar-refractivity contribution in [3.8, 4) is 0 Å². The monoisotopic (exact) mass is 263 g/mol. The Bertz CT molecular complexity index is 424. The van der Waals surface area contributed by atoms with Crippen molar-refractivity contribution in [2.24, 2.45) is 0 Å². The van der Waals surface area contributed by atoms with E-state index in [4.69, 9.17) is 4.74 Å². The van der Waals surface area contributed by atoms with Crippen LogP contribution in [0.3, 0.4) is 0 Å². The molecule has 1 heterocycles. The number of nitrogens with zero attached hydrogens (tertiary/aromatic N) is 1. The van der Waals surface area contributed by atoms with Crippen molar-refractivity contribution in [3.63, 3.8) is 0 Å². The Morgan fingerprint density at radius 1 is 1.11 bits per heavy atom. The second-order valence-corrected chi connectivity index (χ2v) is 5.60. The van der Waals surface area contributed by atoms with E-state index in [-0.39, 0.29) is 0 Å². The number of ether oxygens (including phenoxy) is 1. The van der Waals surface area contributed by atoms with Crippen LogP contribution in [0, 0.1) is 27.7 Å². The first-order chi connectivity index (χ1) is 9.00. The summed E-state index contributed by atoms with van der Waals surface area (Å²) >= 11 is 0. The van der Waals surface area contributed by atoms with E-state index in [0.29, 0.717) is 6.54 Å². The van der Waals surface area contributed by atoms with Crippen LogP contribution < -0.4 is 0 Å². The first-order valence-corrected chi connectivity index (χ1v) is 7.06. The number of benzene rings is 1. The molecule has 0 spiro atoms. The Balaban J connectivity index is 2.20. The standard InChI is InChI=1S/C16H25NO2/c1-11-9-12(2)14(4)16(13(11)3)15(18)10-17-5-7-19-8-6-17/h9,15,18H,5-8,10H2,1-4H3. The molecule has 1 aromatic rings. The number of aliphatic hydroxyl groups is 1. The van der Waals surface area contributed by atoms with Crippen molar-refractivity contribution in [2.45, 2.75) is 33.8 Å². The van der Waals surface area contributed by atoms with Crippen molar-refractivity contribution in [1.29, 1.82) is 0 Å². The molecule has 1 fully saturated rings. The fraction of sp³-hybridized carbons (Fsp3) is 0.625. The zero-order chi connectivity index (χ0) is 14.0. The van der Waals surface area contributed by atoms with Crippen LogP contribution in [0.1, 0.15) is 33.9 Å². The van der Waals surface area contributed by atoms with Crippen LogP contribution in [0.2, 0.25) is 0 Å². The molecule has 3 heteroatoms. The maximum Gasteiger partial charge on any atom is 0.0922 e. The molecule has 0 radical (unpaired) electrons. The van der Waals surface area contributed by atoms with Crippen LogP contribution in [0.25, 0.3) is 0 Å². The van der Waals surface area contributed by atoms with Gasteiger partial charge in [0.2, 0.25) is 0 Å². The van der Waals surface area contributed by atoms with E-state index < -0.39 is 6.10 Å². The fourth-order valence-corrected chi connectivity index (χ4v) is 2.87. The van der Waals surface area contributed by atoms with E-state index in [1.807, 2.05) is 0 Å². The lowest BCUT2D eigenvalue weighted by Crippen LogP contribution is -2.39. The highest BCUT2D eigenvalue weighted by molar-refractivity contribution is 5.45. The average Bonchev–Trinajstić information content (AvgIpc) is 2.38. The molecule has 1 unspecified atom stereocenters. The molecule has 0 aliphatic carbocycles. The van der Waals surface area contributed by atoms with Gasteiger partial charge in [-0.3, -0.25) is 4.90 Å². The van der Waals surface area contributed by atoms with Crippen LogP contribution in [0.4, 0.5) is 0 Å². The smallest absolute Gasteiger partial charge is 0.0922 e. The zero-order valence-corrected chi connectivity index (χ0v) is 12.5. The van der Waals surface area contributed by atoms with Crippen molar-refractivity contribution in [1.82, 2.24) is 4.90 Å². The molecule has 1 atom stereocenters. The summed E-state index contributed by atoms with van der Waals surface area (Å²) in [5.41, 5.74) is 6.09. The molecule has 3 nitrogen and oxygen atoms in total. The Kier molecular flexibility index (Phi) is 4.61. The Hall–Kier alpha value is -0.900. The van der Waals surface area contributed by atoms with Gasteiger partial charge in [0.1, 0.15) is 0 Å². The summed E-state index contributed by atoms with van der Waals surface area (Å²) in [5.74, 6) is 0. The van der Waals surface area contributed by atoms with Crippen molar-refractivity contribution < 1.29 is 9.84 Å². The summed E-state index contributed by atoms with van der Waals surface area (Å²) < 4.78 is 5.35. The molecule has 1 aromatic carbocycles. The lowest BCUT2D eigenvalue weighted by molar-refractivity contribution is 0.0141. The molecular formula is C16H25NO2. The number of rotatable bonds is 3. The second-order valence-electron chi connectivity index (χ2n) is 5.60. The first kappa shape index (κ1) is 14.5. The summed E-state index contributed by atoms with van der Waals surface area (Å²) in [5, 5.41) is 10.6. The maximum atomic E-state index is 10.6. The van der Waals surface area contributed by atoms with E-state index in [1.54, 1.807) is 0 Å². The maximum absolute atomic E-state index is 10.6. The van der Waals surface area contributed by atoms with Crippen molar-refractivity contribution in [2.75, 3.05) is 32.8 Å². The highest BCUT2D eigenvalue weighted by atomic mass is 16.5. The SMILES string of the molecule is Cc1cc(C)c(C)c(C(O)CN2CCOCC2)c1C. The summed E-state index contributed by atoms with van der Waals surface area (Å²) in [6, 6.07) is 2.20. The van der Waals surface area contributed by atoms with Gasteiger partial charge >= 0.3 is 0 Å². The van der Waals surface area contributed by atoms with E-state index >= 15 is 0 Å². The average molecular weight is 263 g/mol. The second kappa shape index (κ2) is 6.04. The first-order valence-electron chi connectivity index (χ1n) is 7.06. The molecule has 2 rings (SSSR count). The molecule has 1 N–H and O–H groups in total. The van der Waals surface area contributed by atoms with Crippen LogP contribution in [0.15, 0.2) is 6.07 Å². The summed E-state index contributed by atoms with van der Waals surface area (Å²) in [7, 11) is 0. The van der Waals surface area contributed by atoms with E-state index in [0.717, 1.165) is 31.9 Å². The van der Waals surface area contributed by atoms with Crippen LogP contribution in [-0.2, 0) is 4.74 Å². The zero-order valence-electron chi connectivity index (χ0n) is 12.5. The number of morpholine rings is 1. The van der Waals surface area contributed by atoms with Crippen LogP contribution >= 0.6 is 0 Å². The molecule has 1 aliphatic heterocycles. The molecular weight excluding hydrogens is 238 g/mol. The Morgan fingerprint density at radius 3 is 2.16 bits per heavy atom. The minimum atomic E-state index is -0.406. The number of hydrogen-bond acceptors (Lipinski definition) is 3. The molecule has 0 amide bonds. The fourth-order valence-electron chi connectivity index (χ4n) is 2.87. The molecule has 1 aliphatic rings. The van der Waals surface area contributed by atoms with Crippen LogP contribution in [-0.4, -0.2) is 42.9 Å². The Morgan fingerprint density at radius 2 is 1.63 bits per heavy atom. The summed E-state index contributed by atoms with van der Waals surface area (Å²) in [6.07, 6.45) is -0.406. The van der Waals surface area contributed by atoms with Gasteiger partial charge in [0.05, 0.1) is 19.3 Å². The molecule has 0 aromatic heterocycles. The van der Waals surface area contributed by atoms with Gasteiger partial charge in [-0.25, -0.2) is 0 Å². The van der Waals surface area contributed by atoms with Gasteiger partial charge in [0, 0.05) is 19.6 Å². The number of aliphatic hydroxyl groups excluding tert-OH is 1. The summed E-state index contributed by atoms with van der Waals surface area (Å²) in [4.78, 5) is 2.28. The third-order valence-corrected chi connectivity index (χ3v) is 4.29. The van der Waals surface area contributed by atoms with Crippen molar-refractivity contribution >= 4 is 0 Å². The molecule has 0 bridgehead atoms. The summed E-state index contributed by atoms with van der Waals surface area (Å²) in [6.45, 7) is 12.5. The lowest BCUT2D eigenvalue weighted by Gasteiger charge is -2.30. The largest absolute Gasteiger partial charge is 0.387 e. The molecule has 1 saturated heterocycles. The number of β-amino-alcohol motifs (C(OH)–C–C–N with tert-alkyl or cyclic N) is 1. The predicted molar refractivity (Wildman–Crippen MR) is 77.6 cm³/mol. The number of hydrogen-bond donors (Lipinski definition) is 1. The van der Waals surface area contributed by atoms with E-state index in [1.165, 1.54) is 22.3 Å². The highest BCUT2D eigenvalue weighted by Gasteiger charge is 2.20. The molecule has 106 valence electrons. The minimum Gasteiger partial charge on any atom is -0.387 e. The quantitative estimate of drug-likeness (QED) is 0.908. The van der Waals surface area contributed by atoms with Gasteiger partial charge in [-0.1, -0.05) is 6.07 Å². The molecule has 19 heavy (non-hydrogen) atoms. The topological polar surface area (TPSA) is 32.7 Å². The van der Waals surface area contributed by atoms with Crippen LogP contribution in [0.5, 0.6) is 0 Å². The van der Waals surface area contributed by atoms with Gasteiger partial charge in [-0.2, -0.15) is 0 Å². The lowest BCUT2D eigenvalue weighted by atomic mass is 9.90. The minimum absolute atomic E-state index is 0.406. The van der Waals surface area contributed by atoms with E-state index in [2.05, 4.69) is 38.7 Å². The van der Waals surface area contributed by atoms with Gasteiger partial charge < -0.3 is 9.84 Å². The van der Waals surface area contributed by atoms with Gasteiger partial charge in [0.25, 0.3) is 0 Å². The normalized spacial score (nSPS) is 18.6. The predicted octanol–water partition coefficient (Wildman–Crippen LogP) is 2.29. The van der Waals surface area contributed by atoms with Gasteiger partial charge in [-0.05, 0) is 55.5 Å². The Labute approximate surface area is 116 Å². The van der Waals surface area contributed by atoms with Crippen molar-refractivity contribution in [3.05, 3.63) is 33.9 Å².